The van der Waals surface area contributed by atoms with E-state index in [0.717, 1.165) is 21.5 Å². The van der Waals surface area contributed by atoms with Gasteiger partial charge in [0, 0.05) is 10.2 Å². The number of rotatable bonds is 7. The van der Waals surface area contributed by atoms with E-state index in [-0.39, 0.29) is 11.7 Å². The van der Waals surface area contributed by atoms with Gasteiger partial charge in [-0.1, -0.05) is 45.4 Å². The van der Waals surface area contributed by atoms with Gasteiger partial charge in [0.2, 0.25) is 11.1 Å². The Labute approximate surface area is 170 Å². The lowest BCUT2D eigenvalue weighted by Crippen LogP contribution is -2.14. The van der Waals surface area contributed by atoms with E-state index in [4.69, 9.17) is 4.74 Å². The van der Waals surface area contributed by atoms with E-state index in [1.807, 2.05) is 56.3 Å². The minimum Gasteiger partial charge on any atom is -0.486 e. The van der Waals surface area contributed by atoms with Crippen molar-refractivity contribution in [2.75, 3.05) is 11.1 Å². The summed E-state index contributed by atoms with van der Waals surface area (Å²) in [6.45, 7) is 4.27. The number of carbonyl (C=O) groups excluding carboxylic acids is 1. The zero-order valence-electron chi connectivity index (χ0n) is 15.0. The number of amides is 1. The SMILES string of the molecule is Cc1ccc(OCc2nc(SCC(=O)Nc3ccc(Br)cc3C)n[nH]2)cc1. The molecule has 0 aliphatic heterocycles. The van der Waals surface area contributed by atoms with Crippen LogP contribution in [0.25, 0.3) is 0 Å². The van der Waals surface area contributed by atoms with Crippen LogP contribution in [-0.4, -0.2) is 26.8 Å². The summed E-state index contributed by atoms with van der Waals surface area (Å²) in [5.41, 5.74) is 2.97. The lowest BCUT2D eigenvalue weighted by atomic mass is 10.2. The van der Waals surface area contributed by atoms with Crippen molar-refractivity contribution in [3.05, 3.63) is 63.9 Å². The zero-order chi connectivity index (χ0) is 19.2. The number of carbonyl (C=O) groups is 1. The lowest BCUT2D eigenvalue weighted by molar-refractivity contribution is -0.113. The fourth-order valence-corrected chi connectivity index (χ4v) is 3.37. The highest BCUT2D eigenvalue weighted by molar-refractivity contribution is 9.10. The number of anilines is 1. The Morgan fingerprint density at radius 3 is 2.74 bits per heavy atom. The molecule has 1 aromatic heterocycles. The summed E-state index contributed by atoms with van der Waals surface area (Å²) in [7, 11) is 0. The van der Waals surface area contributed by atoms with Crippen molar-refractivity contribution in [1.29, 1.82) is 0 Å². The van der Waals surface area contributed by atoms with Gasteiger partial charge in [0.15, 0.2) is 5.82 Å². The molecular weight excluding hydrogens is 428 g/mol. The van der Waals surface area contributed by atoms with E-state index in [1.165, 1.54) is 17.3 Å². The number of hydrogen-bond donors (Lipinski definition) is 2. The third-order valence-electron chi connectivity index (χ3n) is 3.70. The quantitative estimate of drug-likeness (QED) is 0.522. The largest absolute Gasteiger partial charge is 0.486 e. The lowest BCUT2D eigenvalue weighted by Gasteiger charge is -2.07. The van der Waals surface area contributed by atoms with Crippen LogP contribution in [0.15, 0.2) is 52.1 Å². The number of benzene rings is 2. The number of hydrogen-bond acceptors (Lipinski definition) is 5. The Morgan fingerprint density at radius 1 is 1.22 bits per heavy atom. The second-order valence-electron chi connectivity index (χ2n) is 5.96. The molecular formula is C19H19BrN4O2S. The number of H-pyrrole nitrogens is 1. The molecule has 0 spiro atoms. The minimum absolute atomic E-state index is 0.104. The molecule has 0 aliphatic rings. The number of aryl methyl sites for hydroxylation is 2. The van der Waals surface area contributed by atoms with Gasteiger partial charge >= 0.3 is 0 Å². The third kappa shape index (κ3) is 5.83. The first-order valence-electron chi connectivity index (χ1n) is 8.29. The predicted molar refractivity (Wildman–Crippen MR) is 110 cm³/mol. The molecule has 140 valence electrons. The Bertz CT molecular complexity index is 928. The number of thioether (sulfide) groups is 1. The Hall–Kier alpha value is -2.32. The van der Waals surface area contributed by atoms with Crippen molar-refractivity contribution in [1.82, 2.24) is 15.2 Å². The number of aromatic amines is 1. The minimum atomic E-state index is -0.104. The molecule has 27 heavy (non-hydrogen) atoms. The molecule has 0 atom stereocenters. The Morgan fingerprint density at radius 2 is 2.00 bits per heavy atom. The van der Waals surface area contributed by atoms with Gasteiger partial charge < -0.3 is 10.1 Å². The van der Waals surface area contributed by atoms with Gasteiger partial charge in [-0.05, 0) is 49.7 Å². The van der Waals surface area contributed by atoms with Crippen LogP contribution in [-0.2, 0) is 11.4 Å². The number of nitrogens with one attached hydrogen (secondary N) is 2. The highest BCUT2D eigenvalue weighted by Gasteiger charge is 2.10. The van der Waals surface area contributed by atoms with Crippen LogP contribution in [0.1, 0.15) is 17.0 Å². The molecule has 1 heterocycles. The van der Waals surface area contributed by atoms with Gasteiger partial charge in [-0.2, -0.15) is 0 Å². The van der Waals surface area contributed by atoms with E-state index in [0.29, 0.717) is 17.6 Å². The summed E-state index contributed by atoms with van der Waals surface area (Å²) in [6, 6.07) is 13.5. The number of halogens is 1. The van der Waals surface area contributed by atoms with Crippen LogP contribution in [0.3, 0.4) is 0 Å². The van der Waals surface area contributed by atoms with Gasteiger partial charge in [0.05, 0.1) is 5.75 Å². The van der Waals surface area contributed by atoms with E-state index in [1.54, 1.807) is 0 Å². The van der Waals surface area contributed by atoms with Gasteiger partial charge in [-0.15, -0.1) is 5.10 Å². The van der Waals surface area contributed by atoms with Gasteiger partial charge in [-0.3, -0.25) is 9.89 Å². The van der Waals surface area contributed by atoms with Crippen molar-refractivity contribution < 1.29 is 9.53 Å². The maximum Gasteiger partial charge on any atom is 0.234 e. The molecule has 0 radical (unpaired) electrons. The van der Waals surface area contributed by atoms with E-state index >= 15 is 0 Å². The molecule has 0 saturated carbocycles. The maximum absolute atomic E-state index is 12.1. The molecule has 2 aromatic carbocycles. The second-order valence-corrected chi connectivity index (χ2v) is 7.82. The van der Waals surface area contributed by atoms with Crippen molar-refractivity contribution in [3.63, 3.8) is 0 Å². The average Bonchev–Trinajstić information content (AvgIpc) is 3.10. The van der Waals surface area contributed by atoms with E-state index < -0.39 is 0 Å². The molecule has 3 aromatic rings. The monoisotopic (exact) mass is 446 g/mol. The van der Waals surface area contributed by atoms with Crippen LogP contribution in [0, 0.1) is 13.8 Å². The maximum atomic E-state index is 12.1. The summed E-state index contributed by atoms with van der Waals surface area (Å²) < 4.78 is 6.64. The van der Waals surface area contributed by atoms with E-state index in [9.17, 15) is 4.79 Å². The van der Waals surface area contributed by atoms with Gasteiger partial charge in [-0.25, -0.2) is 4.98 Å². The van der Waals surface area contributed by atoms with E-state index in [2.05, 4.69) is 36.4 Å². The molecule has 0 bridgehead atoms. The van der Waals surface area contributed by atoms with Crippen molar-refractivity contribution in [3.8, 4) is 5.75 Å². The number of ether oxygens (including phenoxy) is 1. The molecule has 3 rings (SSSR count). The molecule has 8 heteroatoms. The zero-order valence-corrected chi connectivity index (χ0v) is 17.4. The first-order valence-corrected chi connectivity index (χ1v) is 10.1. The van der Waals surface area contributed by atoms with Crippen molar-refractivity contribution in [2.24, 2.45) is 0 Å². The average molecular weight is 447 g/mol. The van der Waals surface area contributed by atoms with Crippen molar-refractivity contribution >= 4 is 39.3 Å². The van der Waals surface area contributed by atoms with Gasteiger partial charge in [0.25, 0.3) is 0 Å². The Kier molecular flexibility index (Phi) is 6.52. The molecule has 1 amide bonds. The second kappa shape index (κ2) is 9.05. The van der Waals surface area contributed by atoms with Crippen LogP contribution >= 0.6 is 27.7 Å². The van der Waals surface area contributed by atoms with Crippen molar-refractivity contribution in [2.45, 2.75) is 25.6 Å². The molecule has 0 unspecified atom stereocenters. The first-order chi connectivity index (χ1) is 13.0. The summed E-state index contributed by atoms with van der Waals surface area (Å²) in [4.78, 5) is 16.5. The fourth-order valence-electron chi connectivity index (χ4n) is 2.28. The topological polar surface area (TPSA) is 79.9 Å². The predicted octanol–water partition coefficient (Wildman–Crippen LogP) is 4.49. The fraction of sp³-hybridized carbons (Fsp3) is 0.211. The normalized spacial score (nSPS) is 10.6. The summed E-state index contributed by atoms with van der Waals surface area (Å²) in [5, 5.41) is 10.4. The van der Waals surface area contributed by atoms with Crippen LogP contribution in [0.4, 0.5) is 5.69 Å². The van der Waals surface area contributed by atoms with Crippen LogP contribution < -0.4 is 10.1 Å². The molecule has 2 N–H and O–H groups in total. The van der Waals surface area contributed by atoms with Gasteiger partial charge in [0.1, 0.15) is 12.4 Å². The summed E-state index contributed by atoms with van der Waals surface area (Å²) in [6.07, 6.45) is 0. The summed E-state index contributed by atoms with van der Waals surface area (Å²) >= 11 is 4.68. The highest BCUT2D eigenvalue weighted by atomic mass is 79.9. The molecule has 6 nitrogen and oxygen atoms in total. The Balaban J connectivity index is 1.47. The molecule has 0 saturated heterocycles. The smallest absolute Gasteiger partial charge is 0.234 e. The van der Waals surface area contributed by atoms with Crippen LogP contribution in [0.5, 0.6) is 5.75 Å². The number of nitrogens with zero attached hydrogens (tertiary/aromatic N) is 2. The summed E-state index contributed by atoms with van der Waals surface area (Å²) in [5.74, 6) is 1.51. The number of aromatic nitrogens is 3. The molecule has 0 aliphatic carbocycles. The standard InChI is InChI=1S/C19H19BrN4O2S/c1-12-3-6-15(7-4-12)26-10-17-22-19(24-23-17)27-11-18(25)21-16-8-5-14(20)9-13(16)2/h3-9H,10-11H2,1-2H3,(H,21,25)(H,22,23,24). The first kappa shape index (κ1) is 19.4. The third-order valence-corrected chi connectivity index (χ3v) is 5.04. The highest BCUT2D eigenvalue weighted by Crippen LogP contribution is 2.21. The van der Waals surface area contributed by atoms with Crippen LogP contribution in [0.2, 0.25) is 0 Å². The molecule has 0 fully saturated rings.